The number of hydrogen-bond donors (Lipinski definition) is 0. The molecule has 2 atom stereocenters. The molecule has 2 unspecified atom stereocenters. The van der Waals surface area contributed by atoms with Crippen LogP contribution in [-0.2, 0) is 19.3 Å². The Balaban J connectivity index is 1.77. The van der Waals surface area contributed by atoms with E-state index in [1.165, 1.54) is 19.7 Å². The minimum absolute atomic E-state index is 0.0179. The second-order valence-corrected chi connectivity index (χ2v) is 10.5. The van der Waals surface area contributed by atoms with Crippen LogP contribution in [0.15, 0.2) is 29.3 Å². The van der Waals surface area contributed by atoms with Gasteiger partial charge in [-0.05, 0) is 38.2 Å². The van der Waals surface area contributed by atoms with Gasteiger partial charge in [-0.1, -0.05) is 31.4 Å². The summed E-state index contributed by atoms with van der Waals surface area (Å²) in [6.45, 7) is 2.43. The third-order valence-electron chi connectivity index (χ3n) is 6.42. The molecule has 0 radical (unpaired) electrons. The van der Waals surface area contributed by atoms with Gasteiger partial charge in [-0.25, -0.2) is 13.2 Å². The van der Waals surface area contributed by atoms with Gasteiger partial charge in [0.25, 0.3) is 0 Å². The van der Waals surface area contributed by atoms with Crippen LogP contribution in [0.3, 0.4) is 0 Å². The SMILES string of the molecule is COc1cccc2c(S(=O)(=O)C3CCOC3C)c(C(=O)OCC3CCCCC3)cnc12. The first-order valence-electron chi connectivity index (χ1n) is 10.9. The monoisotopic (exact) mass is 447 g/mol. The Hall–Kier alpha value is -2.19. The van der Waals surface area contributed by atoms with Gasteiger partial charge >= 0.3 is 5.97 Å². The molecule has 1 aromatic carbocycles. The minimum Gasteiger partial charge on any atom is -0.494 e. The Bertz CT molecular complexity index is 1060. The molecule has 1 aliphatic heterocycles. The quantitative estimate of drug-likeness (QED) is 0.620. The van der Waals surface area contributed by atoms with Crippen LogP contribution < -0.4 is 4.74 Å². The highest BCUT2D eigenvalue weighted by Gasteiger charge is 2.40. The Kier molecular flexibility index (Phi) is 6.48. The fraction of sp³-hybridized carbons (Fsp3) is 0.565. The van der Waals surface area contributed by atoms with Crippen molar-refractivity contribution in [2.24, 2.45) is 5.92 Å². The Morgan fingerprint density at radius 3 is 2.65 bits per heavy atom. The van der Waals surface area contributed by atoms with Crippen molar-refractivity contribution in [1.82, 2.24) is 4.98 Å². The Labute approximate surface area is 183 Å². The van der Waals surface area contributed by atoms with Crippen molar-refractivity contribution in [2.45, 2.75) is 61.7 Å². The molecule has 7 nitrogen and oxygen atoms in total. The fourth-order valence-electron chi connectivity index (χ4n) is 4.68. The van der Waals surface area contributed by atoms with E-state index >= 15 is 0 Å². The number of carbonyl (C=O) groups is 1. The van der Waals surface area contributed by atoms with Crippen LogP contribution in [0.25, 0.3) is 10.9 Å². The number of hydrogen-bond acceptors (Lipinski definition) is 7. The average molecular weight is 448 g/mol. The summed E-state index contributed by atoms with van der Waals surface area (Å²) >= 11 is 0. The normalized spacial score (nSPS) is 22.5. The molecule has 0 N–H and O–H groups in total. The lowest BCUT2D eigenvalue weighted by atomic mass is 9.90. The highest BCUT2D eigenvalue weighted by Crippen LogP contribution is 2.36. The highest BCUT2D eigenvalue weighted by molar-refractivity contribution is 7.92. The summed E-state index contributed by atoms with van der Waals surface area (Å²) in [6, 6.07) is 5.08. The minimum atomic E-state index is -3.88. The van der Waals surface area contributed by atoms with Crippen molar-refractivity contribution in [2.75, 3.05) is 20.3 Å². The van der Waals surface area contributed by atoms with Crippen molar-refractivity contribution in [3.05, 3.63) is 30.0 Å². The second kappa shape index (κ2) is 9.12. The molecule has 2 fully saturated rings. The van der Waals surface area contributed by atoms with Gasteiger partial charge in [0.1, 0.15) is 11.3 Å². The van der Waals surface area contributed by atoms with Crippen LogP contribution >= 0.6 is 0 Å². The van der Waals surface area contributed by atoms with Crippen LogP contribution in [-0.4, -0.2) is 51.0 Å². The van der Waals surface area contributed by atoms with Gasteiger partial charge in [0.2, 0.25) is 0 Å². The van der Waals surface area contributed by atoms with Gasteiger partial charge in [-0.15, -0.1) is 0 Å². The molecule has 1 aliphatic carbocycles. The molecule has 31 heavy (non-hydrogen) atoms. The summed E-state index contributed by atoms with van der Waals surface area (Å²) in [5, 5.41) is -0.361. The van der Waals surface area contributed by atoms with Gasteiger partial charge in [-0.2, -0.15) is 0 Å². The zero-order valence-electron chi connectivity index (χ0n) is 18.0. The summed E-state index contributed by atoms with van der Waals surface area (Å²) in [5.41, 5.74) is 0.384. The largest absolute Gasteiger partial charge is 0.494 e. The number of methoxy groups -OCH3 is 1. The molecule has 0 spiro atoms. The molecule has 1 aromatic heterocycles. The van der Waals surface area contributed by atoms with Crippen molar-refractivity contribution in [3.63, 3.8) is 0 Å². The van der Waals surface area contributed by atoms with E-state index in [0.29, 0.717) is 42.2 Å². The molecule has 0 bridgehead atoms. The van der Waals surface area contributed by atoms with Crippen LogP contribution in [0.1, 0.15) is 55.8 Å². The maximum Gasteiger partial charge on any atom is 0.341 e. The molecular formula is C23H29NO6S. The van der Waals surface area contributed by atoms with Crippen molar-refractivity contribution in [1.29, 1.82) is 0 Å². The van der Waals surface area contributed by atoms with E-state index in [1.807, 2.05) is 0 Å². The highest BCUT2D eigenvalue weighted by atomic mass is 32.2. The van der Waals surface area contributed by atoms with Crippen molar-refractivity contribution < 1.29 is 27.4 Å². The van der Waals surface area contributed by atoms with E-state index in [2.05, 4.69) is 4.98 Å². The summed E-state index contributed by atoms with van der Waals surface area (Å²) in [5.74, 6) is 0.134. The number of esters is 1. The van der Waals surface area contributed by atoms with Gasteiger partial charge in [0, 0.05) is 18.2 Å². The summed E-state index contributed by atoms with van der Waals surface area (Å²) in [4.78, 5) is 17.4. The predicted molar refractivity (Wildman–Crippen MR) is 116 cm³/mol. The lowest BCUT2D eigenvalue weighted by Gasteiger charge is -2.22. The number of carbonyl (C=O) groups excluding carboxylic acids is 1. The molecule has 4 rings (SSSR count). The molecule has 168 valence electrons. The molecular weight excluding hydrogens is 418 g/mol. The fourth-order valence-corrected chi connectivity index (χ4v) is 6.89. The number of nitrogens with zero attached hydrogens (tertiary/aromatic N) is 1. The number of sulfone groups is 1. The van der Waals surface area contributed by atoms with Gasteiger partial charge in [-0.3, -0.25) is 4.98 Å². The van der Waals surface area contributed by atoms with Crippen molar-refractivity contribution in [3.8, 4) is 5.75 Å². The van der Waals surface area contributed by atoms with Crippen LogP contribution in [0.5, 0.6) is 5.75 Å². The summed E-state index contributed by atoms with van der Waals surface area (Å²) in [7, 11) is -2.38. The van der Waals surface area contributed by atoms with Crippen LogP contribution in [0, 0.1) is 5.92 Å². The number of ether oxygens (including phenoxy) is 3. The third kappa shape index (κ3) is 4.28. The molecule has 1 saturated heterocycles. The van der Waals surface area contributed by atoms with Gasteiger partial charge < -0.3 is 14.2 Å². The van der Waals surface area contributed by atoms with Crippen molar-refractivity contribution >= 4 is 26.7 Å². The zero-order valence-corrected chi connectivity index (χ0v) is 18.8. The first-order chi connectivity index (χ1) is 14.9. The first-order valence-corrected chi connectivity index (χ1v) is 12.5. The first kappa shape index (κ1) is 22.0. The molecule has 2 aromatic rings. The number of benzene rings is 1. The molecule has 0 amide bonds. The van der Waals surface area contributed by atoms with E-state index in [9.17, 15) is 13.2 Å². The van der Waals surface area contributed by atoms with Gasteiger partial charge in [0.05, 0.1) is 35.5 Å². The van der Waals surface area contributed by atoms with E-state index in [0.717, 1.165) is 25.7 Å². The average Bonchev–Trinajstić information content (AvgIpc) is 3.23. The lowest BCUT2D eigenvalue weighted by molar-refractivity contribution is 0.0405. The second-order valence-electron chi connectivity index (χ2n) is 8.41. The van der Waals surface area contributed by atoms with Crippen LogP contribution in [0.2, 0.25) is 0 Å². The maximum atomic E-state index is 13.7. The maximum absolute atomic E-state index is 13.7. The van der Waals surface area contributed by atoms with Gasteiger partial charge in [0.15, 0.2) is 9.84 Å². The standard InChI is InChI=1S/C23H29NO6S/c1-15-20(11-12-29-15)31(26,27)22-17-9-6-10-19(28-2)21(17)24-13-18(22)23(25)30-14-16-7-4-3-5-8-16/h6,9-10,13,15-16,20H,3-5,7-8,11-12,14H2,1-2H3. The Morgan fingerprint density at radius 1 is 1.19 bits per heavy atom. The van der Waals surface area contributed by atoms with Crippen LogP contribution in [0.4, 0.5) is 0 Å². The van der Waals surface area contributed by atoms with E-state index < -0.39 is 27.2 Å². The number of pyridine rings is 1. The number of fused-ring (bicyclic) bond motifs is 1. The van der Waals surface area contributed by atoms with E-state index in [4.69, 9.17) is 14.2 Å². The number of para-hydroxylation sites is 1. The molecule has 2 heterocycles. The topological polar surface area (TPSA) is 91.8 Å². The predicted octanol–water partition coefficient (Wildman–Crippen LogP) is 3.93. The summed E-state index contributed by atoms with van der Waals surface area (Å²) < 4.78 is 44.0. The molecule has 8 heteroatoms. The Morgan fingerprint density at radius 2 is 1.97 bits per heavy atom. The molecule has 2 aliphatic rings. The zero-order chi connectivity index (χ0) is 22.0. The van der Waals surface area contributed by atoms with E-state index in [-0.39, 0.29) is 10.5 Å². The smallest absolute Gasteiger partial charge is 0.341 e. The molecule has 1 saturated carbocycles. The third-order valence-corrected chi connectivity index (χ3v) is 8.84. The van der Waals surface area contributed by atoms with E-state index in [1.54, 1.807) is 25.1 Å². The summed E-state index contributed by atoms with van der Waals surface area (Å²) in [6.07, 6.45) is 6.79. The number of aromatic nitrogens is 1. The lowest BCUT2D eigenvalue weighted by Crippen LogP contribution is -2.30. The number of rotatable bonds is 6.